The summed E-state index contributed by atoms with van der Waals surface area (Å²) in [4.78, 5) is 2.73. The molecule has 1 aromatic carbocycles. The molecule has 0 aliphatic heterocycles. The first-order valence-electron chi connectivity index (χ1n) is 5.78. The lowest BCUT2D eigenvalue weighted by Crippen LogP contribution is -2.30. The van der Waals surface area contributed by atoms with Gasteiger partial charge in [0, 0.05) is 23.2 Å². The van der Waals surface area contributed by atoms with Gasteiger partial charge in [-0.25, -0.2) is 0 Å². The van der Waals surface area contributed by atoms with Crippen molar-refractivity contribution in [1.82, 2.24) is 4.90 Å². The summed E-state index contributed by atoms with van der Waals surface area (Å²) in [6, 6.07) is 6.28. The fraction of sp³-hybridized carbons (Fsp3) is 0.462. The average molecular weight is 271 g/mol. The van der Waals surface area contributed by atoms with Crippen molar-refractivity contribution in [1.29, 1.82) is 0 Å². The van der Waals surface area contributed by atoms with Crippen molar-refractivity contribution in [2.75, 3.05) is 6.54 Å². The van der Waals surface area contributed by atoms with E-state index in [1.54, 1.807) is 0 Å². The van der Waals surface area contributed by atoms with E-state index in [1.807, 2.05) is 18.2 Å². The minimum atomic E-state index is 0.384. The second kappa shape index (κ2) is 6.34. The molecule has 0 saturated carbocycles. The van der Waals surface area contributed by atoms with E-state index in [9.17, 15) is 0 Å². The second-order valence-corrected chi connectivity index (χ2v) is 5.17. The van der Waals surface area contributed by atoms with E-state index >= 15 is 0 Å². The predicted octanol–water partition coefficient (Wildman–Crippen LogP) is 3.20. The smallest absolute Gasteiger partial charge is 0.104 e. The number of nitrogens with two attached hydrogens (primary N) is 1. The normalized spacial score (nSPS) is 11.2. The first-order valence-corrected chi connectivity index (χ1v) is 6.56. The fourth-order valence-electron chi connectivity index (χ4n) is 1.71. The van der Waals surface area contributed by atoms with Crippen LogP contribution < -0.4 is 5.73 Å². The number of benzene rings is 1. The summed E-state index contributed by atoms with van der Waals surface area (Å²) >= 11 is 11.2. The highest BCUT2D eigenvalue weighted by molar-refractivity contribution is 7.80. The first kappa shape index (κ1) is 14.4. The lowest BCUT2D eigenvalue weighted by atomic mass is 10.1. The summed E-state index contributed by atoms with van der Waals surface area (Å²) < 4.78 is 0. The standard InChI is InChI=1S/C13H19ClN2S/c1-4-16(9(2)3)8-11-6-5-10(13(15)17)7-12(11)14/h5-7,9H,4,8H2,1-3H3,(H2,15,17). The third-order valence-corrected chi connectivity index (χ3v) is 3.44. The van der Waals surface area contributed by atoms with Gasteiger partial charge in [-0.2, -0.15) is 0 Å². The Kier molecular flexibility index (Phi) is 5.37. The van der Waals surface area contributed by atoms with Gasteiger partial charge >= 0.3 is 0 Å². The van der Waals surface area contributed by atoms with Crippen LogP contribution >= 0.6 is 23.8 Å². The predicted molar refractivity (Wildman–Crippen MR) is 78.6 cm³/mol. The molecule has 1 aromatic rings. The average Bonchev–Trinajstić information content (AvgIpc) is 2.26. The molecule has 0 radical (unpaired) electrons. The van der Waals surface area contributed by atoms with E-state index in [-0.39, 0.29) is 0 Å². The Morgan fingerprint density at radius 2 is 2.12 bits per heavy atom. The number of thiocarbonyl (C=S) groups is 1. The molecule has 0 aromatic heterocycles. The van der Waals surface area contributed by atoms with Crippen molar-refractivity contribution >= 4 is 28.8 Å². The van der Waals surface area contributed by atoms with Crippen molar-refractivity contribution in [2.24, 2.45) is 5.73 Å². The van der Waals surface area contributed by atoms with Gasteiger partial charge in [0.2, 0.25) is 0 Å². The van der Waals surface area contributed by atoms with E-state index in [2.05, 4.69) is 25.7 Å². The zero-order valence-corrected chi connectivity index (χ0v) is 12.1. The van der Waals surface area contributed by atoms with Gasteiger partial charge in [0.15, 0.2) is 0 Å². The molecule has 0 heterocycles. The van der Waals surface area contributed by atoms with Gasteiger partial charge in [-0.1, -0.05) is 42.9 Å². The molecular formula is C13H19ClN2S. The largest absolute Gasteiger partial charge is 0.389 e. The minimum Gasteiger partial charge on any atom is -0.389 e. The molecule has 0 bridgehead atoms. The van der Waals surface area contributed by atoms with Crippen molar-refractivity contribution in [3.05, 3.63) is 34.3 Å². The third kappa shape index (κ3) is 3.95. The van der Waals surface area contributed by atoms with Gasteiger partial charge < -0.3 is 5.73 Å². The number of hydrogen-bond acceptors (Lipinski definition) is 2. The number of rotatable bonds is 5. The maximum atomic E-state index is 6.24. The van der Waals surface area contributed by atoms with E-state index in [1.165, 1.54) is 0 Å². The Hall–Kier alpha value is -0.640. The lowest BCUT2D eigenvalue weighted by molar-refractivity contribution is 0.225. The molecule has 4 heteroatoms. The van der Waals surface area contributed by atoms with Crippen LogP contribution in [0.5, 0.6) is 0 Å². The van der Waals surface area contributed by atoms with Gasteiger partial charge in [-0.05, 0) is 32.0 Å². The van der Waals surface area contributed by atoms with Gasteiger partial charge in [0.05, 0.1) is 0 Å². The Balaban J connectivity index is 2.89. The Morgan fingerprint density at radius 1 is 1.47 bits per heavy atom. The van der Waals surface area contributed by atoms with E-state index < -0.39 is 0 Å². The molecule has 0 saturated heterocycles. The van der Waals surface area contributed by atoms with E-state index in [0.29, 0.717) is 11.0 Å². The van der Waals surface area contributed by atoms with Crippen molar-refractivity contribution in [3.63, 3.8) is 0 Å². The van der Waals surface area contributed by atoms with Gasteiger partial charge in [0.1, 0.15) is 4.99 Å². The van der Waals surface area contributed by atoms with Crippen molar-refractivity contribution in [3.8, 4) is 0 Å². The molecule has 17 heavy (non-hydrogen) atoms. The molecule has 0 aliphatic rings. The molecule has 2 nitrogen and oxygen atoms in total. The van der Waals surface area contributed by atoms with Crippen LogP contribution in [0.4, 0.5) is 0 Å². The van der Waals surface area contributed by atoms with Crippen molar-refractivity contribution < 1.29 is 0 Å². The van der Waals surface area contributed by atoms with E-state index in [4.69, 9.17) is 29.6 Å². The molecule has 2 N–H and O–H groups in total. The molecule has 0 amide bonds. The zero-order valence-electron chi connectivity index (χ0n) is 10.5. The topological polar surface area (TPSA) is 29.3 Å². The minimum absolute atomic E-state index is 0.384. The van der Waals surface area contributed by atoms with Gasteiger partial charge in [-0.3, -0.25) is 4.90 Å². The Bertz CT molecular complexity index is 404. The van der Waals surface area contributed by atoms with Crippen LogP contribution in [0.1, 0.15) is 31.9 Å². The highest BCUT2D eigenvalue weighted by Gasteiger charge is 2.10. The molecule has 1 rings (SSSR count). The summed E-state index contributed by atoms with van der Waals surface area (Å²) in [5, 5.41) is 0.731. The van der Waals surface area contributed by atoms with Gasteiger partial charge in [0.25, 0.3) is 0 Å². The number of hydrogen-bond donors (Lipinski definition) is 1. The summed E-state index contributed by atoms with van der Waals surface area (Å²) in [7, 11) is 0. The maximum absolute atomic E-state index is 6.24. The molecule has 0 fully saturated rings. The lowest BCUT2D eigenvalue weighted by Gasteiger charge is -2.25. The Labute approximate surface area is 114 Å². The quantitative estimate of drug-likeness (QED) is 0.833. The summed E-state index contributed by atoms with van der Waals surface area (Å²) in [6.45, 7) is 8.37. The fourth-order valence-corrected chi connectivity index (χ4v) is 2.07. The zero-order chi connectivity index (χ0) is 13.0. The molecule has 0 atom stereocenters. The molecule has 94 valence electrons. The van der Waals surface area contributed by atoms with Crippen LogP contribution in [0.15, 0.2) is 18.2 Å². The molecular weight excluding hydrogens is 252 g/mol. The van der Waals surface area contributed by atoms with Crippen LogP contribution in [0.25, 0.3) is 0 Å². The first-order chi connectivity index (χ1) is 7.95. The number of nitrogens with zero attached hydrogens (tertiary/aromatic N) is 1. The highest BCUT2D eigenvalue weighted by Crippen LogP contribution is 2.20. The van der Waals surface area contributed by atoms with Crippen LogP contribution in [0, 0.1) is 0 Å². The SMILES string of the molecule is CCN(Cc1ccc(C(N)=S)cc1Cl)C(C)C. The molecule has 0 spiro atoms. The van der Waals surface area contributed by atoms with Crippen LogP contribution in [-0.2, 0) is 6.54 Å². The summed E-state index contributed by atoms with van der Waals surface area (Å²) in [6.07, 6.45) is 0. The molecule has 0 unspecified atom stereocenters. The summed E-state index contributed by atoms with van der Waals surface area (Å²) in [5.41, 5.74) is 7.50. The van der Waals surface area contributed by atoms with Crippen LogP contribution in [0.2, 0.25) is 5.02 Å². The molecule has 0 aliphatic carbocycles. The van der Waals surface area contributed by atoms with Crippen molar-refractivity contribution in [2.45, 2.75) is 33.4 Å². The van der Waals surface area contributed by atoms with Gasteiger partial charge in [-0.15, -0.1) is 0 Å². The third-order valence-electron chi connectivity index (χ3n) is 2.85. The number of halogens is 1. The Morgan fingerprint density at radius 3 is 2.53 bits per heavy atom. The van der Waals surface area contributed by atoms with Crippen LogP contribution in [0.3, 0.4) is 0 Å². The maximum Gasteiger partial charge on any atom is 0.104 e. The van der Waals surface area contributed by atoms with Crippen LogP contribution in [-0.4, -0.2) is 22.5 Å². The second-order valence-electron chi connectivity index (χ2n) is 4.33. The monoisotopic (exact) mass is 270 g/mol. The van der Waals surface area contributed by atoms with E-state index in [0.717, 1.165) is 29.2 Å². The highest BCUT2D eigenvalue weighted by atomic mass is 35.5. The summed E-state index contributed by atoms with van der Waals surface area (Å²) in [5.74, 6) is 0.